The van der Waals surface area contributed by atoms with Gasteiger partial charge in [-0.2, -0.15) is 0 Å². The summed E-state index contributed by atoms with van der Waals surface area (Å²) in [6, 6.07) is 10.8. The zero-order valence-corrected chi connectivity index (χ0v) is 14.0. The van der Waals surface area contributed by atoms with Crippen LogP contribution in [-0.2, 0) is 0 Å². The smallest absolute Gasteiger partial charge is 0.274 e. The monoisotopic (exact) mass is 313 g/mol. The quantitative estimate of drug-likeness (QED) is 0.877. The number of ether oxygens (including phenoxy) is 1. The molecule has 23 heavy (non-hydrogen) atoms. The van der Waals surface area contributed by atoms with Crippen molar-refractivity contribution in [3.63, 3.8) is 0 Å². The second-order valence-corrected chi connectivity index (χ2v) is 6.22. The number of hydrogen-bond acceptors (Lipinski definition) is 4. The number of carbonyl (C=O) groups excluding carboxylic acids is 1. The zero-order valence-electron chi connectivity index (χ0n) is 14.0. The first kappa shape index (κ1) is 16.8. The van der Waals surface area contributed by atoms with Gasteiger partial charge in [0.25, 0.3) is 5.91 Å². The van der Waals surface area contributed by atoms with Gasteiger partial charge >= 0.3 is 0 Å². The summed E-state index contributed by atoms with van der Waals surface area (Å²) in [5.41, 5.74) is 1.92. The number of nitrogens with one attached hydrogen (secondary N) is 2. The predicted molar refractivity (Wildman–Crippen MR) is 93.2 cm³/mol. The minimum absolute atomic E-state index is 0.0479. The van der Waals surface area contributed by atoms with Crippen LogP contribution >= 0.6 is 0 Å². The normalized spacial score (nSPS) is 11.0. The summed E-state index contributed by atoms with van der Waals surface area (Å²) in [5, 5.41) is 6.12. The van der Waals surface area contributed by atoms with E-state index in [0.29, 0.717) is 18.0 Å². The average molecular weight is 313 g/mol. The van der Waals surface area contributed by atoms with Gasteiger partial charge in [-0.05, 0) is 64.1 Å². The molecule has 0 aliphatic carbocycles. The molecular weight excluding hydrogens is 290 g/mol. The van der Waals surface area contributed by atoms with E-state index in [1.165, 1.54) is 0 Å². The lowest BCUT2D eigenvalue weighted by atomic mass is 10.1. The molecule has 0 fully saturated rings. The second kappa shape index (κ2) is 7.13. The van der Waals surface area contributed by atoms with Crippen molar-refractivity contribution < 1.29 is 9.53 Å². The molecule has 2 aromatic rings. The first-order chi connectivity index (χ1) is 10.9. The Labute approximate surface area is 137 Å². The molecular formula is C18H23N3O2. The Bertz CT molecular complexity index is 643. The molecule has 0 aliphatic rings. The molecule has 122 valence electrons. The van der Waals surface area contributed by atoms with E-state index in [4.69, 9.17) is 4.74 Å². The Kier molecular flexibility index (Phi) is 5.21. The van der Waals surface area contributed by atoms with Gasteiger partial charge in [0.05, 0.1) is 18.5 Å². The lowest BCUT2D eigenvalue weighted by Crippen LogP contribution is -2.26. The van der Waals surface area contributed by atoms with Gasteiger partial charge in [0.1, 0.15) is 11.4 Å². The summed E-state index contributed by atoms with van der Waals surface area (Å²) in [6.07, 6.45) is 1.67. The van der Waals surface area contributed by atoms with Gasteiger partial charge in [-0.3, -0.25) is 4.79 Å². The number of benzene rings is 1. The van der Waals surface area contributed by atoms with E-state index in [-0.39, 0.29) is 11.4 Å². The Balaban J connectivity index is 2.00. The van der Waals surface area contributed by atoms with Gasteiger partial charge in [0.15, 0.2) is 0 Å². The third-order valence-electron chi connectivity index (χ3n) is 2.94. The highest BCUT2D eigenvalue weighted by Gasteiger charge is 2.11. The molecule has 1 aromatic carbocycles. The first-order valence-electron chi connectivity index (χ1n) is 7.66. The summed E-state index contributed by atoms with van der Waals surface area (Å²) in [6.45, 7) is 8.75. The summed E-state index contributed by atoms with van der Waals surface area (Å²) in [7, 11) is 0. The van der Waals surface area contributed by atoms with Gasteiger partial charge in [-0.25, -0.2) is 4.98 Å². The van der Waals surface area contributed by atoms with Crippen molar-refractivity contribution in [2.24, 2.45) is 0 Å². The first-order valence-corrected chi connectivity index (χ1v) is 7.66. The van der Waals surface area contributed by atoms with Crippen molar-refractivity contribution in [2.45, 2.75) is 33.2 Å². The van der Waals surface area contributed by atoms with Crippen molar-refractivity contribution >= 4 is 17.3 Å². The number of pyridine rings is 1. The minimum Gasteiger partial charge on any atom is -0.494 e. The molecule has 1 amide bonds. The molecule has 5 nitrogen and oxygen atoms in total. The van der Waals surface area contributed by atoms with Crippen LogP contribution in [0.1, 0.15) is 38.2 Å². The standard InChI is InChI=1S/C18H23N3O2/c1-5-23-15-9-6-13(7-10-15)20-17(22)16-11-8-14(12-19-16)21-18(2,3)4/h6-12,21H,5H2,1-4H3,(H,20,22). The van der Waals surface area contributed by atoms with Gasteiger partial charge in [0.2, 0.25) is 0 Å². The molecule has 1 aromatic heterocycles. The third kappa shape index (κ3) is 5.29. The number of carbonyl (C=O) groups is 1. The number of anilines is 2. The molecule has 2 N–H and O–H groups in total. The summed E-state index contributed by atoms with van der Waals surface area (Å²) < 4.78 is 5.37. The molecule has 1 heterocycles. The highest BCUT2D eigenvalue weighted by molar-refractivity contribution is 6.02. The van der Waals surface area contributed by atoms with Crippen LogP contribution in [0.5, 0.6) is 5.75 Å². The molecule has 0 aliphatic heterocycles. The van der Waals surface area contributed by atoms with Crippen LogP contribution in [0.25, 0.3) is 0 Å². The number of hydrogen-bond donors (Lipinski definition) is 2. The Morgan fingerprint density at radius 1 is 1.09 bits per heavy atom. The number of amides is 1. The maximum atomic E-state index is 12.2. The molecule has 0 saturated carbocycles. The van der Waals surface area contributed by atoms with Gasteiger partial charge in [-0.15, -0.1) is 0 Å². The lowest BCUT2D eigenvalue weighted by Gasteiger charge is -2.21. The van der Waals surface area contributed by atoms with E-state index in [1.54, 1.807) is 24.4 Å². The Hall–Kier alpha value is -2.56. The largest absolute Gasteiger partial charge is 0.494 e. The van der Waals surface area contributed by atoms with Crippen LogP contribution in [0.4, 0.5) is 11.4 Å². The number of nitrogens with zero attached hydrogens (tertiary/aromatic N) is 1. The van der Waals surface area contributed by atoms with Crippen LogP contribution in [0.15, 0.2) is 42.6 Å². The maximum Gasteiger partial charge on any atom is 0.274 e. The molecule has 0 saturated heterocycles. The fraction of sp³-hybridized carbons (Fsp3) is 0.333. The van der Waals surface area contributed by atoms with Crippen LogP contribution < -0.4 is 15.4 Å². The van der Waals surface area contributed by atoms with Crippen LogP contribution in [-0.4, -0.2) is 23.0 Å². The molecule has 0 unspecified atom stereocenters. The van der Waals surface area contributed by atoms with E-state index < -0.39 is 0 Å². The van der Waals surface area contributed by atoms with Crippen molar-refractivity contribution in [1.29, 1.82) is 0 Å². The molecule has 0 atom stereocenters. The minimum atomic E-state index is -0.239. The maximum absolute atomic E-state index is 12.2. The lowest BCUT2D eigenvalue weighted by molar-refractivity contribution is 0.102. The highest BCUT2D eigenvalue weighted by Crippen LogP contribution is 2.17. The summed E-state index contributed by atoms with van der Waals surface area (Å²) in [5.74, 6) is 0.540. The van der Waals surface area contributed by atoms with Crippen molar-refractivity contribution in [2.75, 3.05) is 17.2 Å². The van der Waals surface area contributed by atoms with Gasteiger partial charge < -0.3 is 15.4 Å². The molecule has 0 radical (unpaired) electrons. The molecule has 2 rings (SSSR count). The van der Waals surface area contributed by atoms with E-state index in [1.807, 2.05) is 25.1 Å². The fourth-order valence-corrected chi connectivity index (χ4v) is 2.03. The Morgan fingerprint density at radius 3 is 2.26 bits per heavy atom. The van der Waals surface area contributed by atoms with Crippen LogP contribution in [0, 0.1) is 0 Å². The predicted octanol–water partition coefficient (Wildman–Crippen LogP) is 3.94. The molecule has 0 spiro atoms. The highest BCUT2D eigenvalue weighted by atomic mass is 16.5. The fourth-order valence-electron chi connectivity index (χ4n) is 2.03. The summed E-state index contributed by atoms with van der Waals surface area (Å²) in [4.78, 5) is 16.4. The van der Waals surface area contributed by atoms with Gasteiger partial charge in [-0.1, -0.05) is 0 Å². The van der Waals surface area contributed by atoms with Crippen molar-refractivity contribution in [1.82, 2.24) is 4.98 Å². The third-order valence-corrected chi connectivity index (χ3v) is 2.94. The van der Waals surface area contributed by atoms with E-state index in [0.717, 1.165) is 11.4 Å². The average Bonchev–Trinajstić information content (AvgIpc) is 2.48. The zero-order chi connectivity index (χ0) is 16.9. The van der Waals surface area contributed by atoms with Gasteiger partial charge in [0, 0.05) is 11.2 Å². The van der Waals surface area contributed by atoms with Crippen molar-refractivity contribution in [3.05, 3.63) is 48.3 Å². The topological polar surface area (TPSA) is 63.2 Å². The second-order valence-electron chi connectivity index (χ2n) is 6.22. The number of aromatic nitrogens is 1. The SMILES string of the molecule is CCOc1ccc(NC(=O)c2ccc(NC(C)(C)C)cn2)cc1. The molecule has 0 bridgehead atoms. The van der Waals surface area contributed by atoms with Crippen molar-refractivity contribution in [3.8, 4) is 5.75 Å². The van der Waals surface area contributed by atoms with E-state index in [9.17, 15) is 4.79 Å². The van der Waals surface area contributed by atoms with E-state index >= 15 is 0 Å². The summed E-state index contributed by atoms with van der Waals surface area (Å²) >= 11 is 0. The number of rotatable bonds is 5. The van der Waals surface area contributed by atoms with Crippen LogP contribution in [0.3, 0.4) is 0 Å². The van der Waals surface area contributed by atoms with Crippen LogP contribution in [0.2, 0.25) is 0 Å². The Morgan fingerprint density at radius 2 is 1.74 bits per heavy atom. The molecule has 5 heteroatoms. The van der Waals surface area contributed by atoms with E-state index in [2.05, 4.69) is 36.4 Å².